The first-order chi connectivity index (χ1) is 11.5. The van der Waals surface area contributed by atoms with Crippen LogP contribution in [0.1, 0.15) is 6.23 Å². The van der Waals surface area contributed by atoms with E-state index in [4.69, 9.17) is 13.8 Å². The van der Waals surface area contributed by atoms with Gasteiger partial charge in [0.1, 0.15) is 18.3 Å². The molecular formula is C11H11N6O6P. The number of phosphoric acid groups is 1. The van der Waals surface area contributed by atoms with Crippen molar-refractivity contribution >= 4 is 24.6 Å². The standard InChI is InChI=1S/C11H11N6O6P/c18-7-8-5(3-21-24(19,20)23-8)22-11(7)16-4-13-6-9-12-1-2-17(9)15-14-10(6)16/h1-2,4-5,7-8,11,18H,3H2,(H,19,20)/t5?,7-,8?,11-/m1/s1. The Bertz CT molecular complexity index is 988. The van der Waals surface area contributed by atoms with Crippen molar-refractivity contribution < 1.29 is 28.3 Å². The second-order valence-corrected chi connectivity index (χ2v) is 6.91. The summed E-state index contributed by atoms with van der Waals surface area (Å²) in [7, 11) is -4.18. The number of imidazole rings is 2. The second-order valence-electron chi connectivity index (χ2n) is 5.50. The Kier molecular flexibility index (Phi) is 2.87. The monoisotopic (exact) mass is 354 g/mol. The molecule has 5 atom stereocenters. The summed E-state index contributed by atoms with van der Waals surface area (Å²) >= 11 is 0. The molecule has 3 unspecified atom stereocenters. The zero-order valence-corrected chi connectivity index (χ0v) is 12.8. The third-order valence-corrected chi connectivity index (χ3v) is 5.06. The zero-order valence-electron chi connectivity index (χ0n) is 11.9. The minimum absolute atomic E-state index is 0.158. The predicted octanol–water partition coefficient (Wildman–Crippen LogP) is -0.752. The molecule has 2 fully saturated rings. The number of hydrogen-bond donors (Lipinski definition) is 2. The number of aliphatic hydroxyl groups is 1. The molecule has 24 heavy (non-hydrogen) atoms. The van der Waals surface area contributed by atoms with Crippen molar-refractivity contribution in [1.82, 2.24) is 29.4 Å². The van der Waals surface area contributed by atoms with Crippen LogP contribution in [-0.2, 0) is 18.3 Å². The Labute approximate surface area is 133 Å². The van der Waals surface area contributed by atoms with Crippen LogP contribution in [0.15, 0.2) is 18.7 Å². The topological polar surface area (TPSA) is 146 Å². The lowest BCUT2D eigenvalue weighted by atomic mass is 10.1. The molecule has 126 valence electrons. The molecule has 5 heterocycles. The van der Waals surface area contributed by atoms with E-state index in [0.717, 1.165) is 0 Å². The molecule has 0 radical (unpaired) electrons. The van der Waals surface area contributed by atoms with E-state index in [1.807, 2.05) is 0 Å². The van der Waals surface area contributed by atoms with Crippen molar-refractivity contribution in [2.45, 2.75) is 24.5 Å². The average Bonchev–Trinajstić information content (AvgIpc) is 3.23. The molecule has 0 amide bonds. The molecule has 2 saturated heterocycles. The van der Waals surface area contributed by atoms with Gasteiger partial charge in [0.15, 0.2) is 23.0 Å². The highest BCUT2D eigenvalue weighted by Crippen LogP contribution is 2.52. The molecule has 0 aromatic carbocycles. The number of ether oxygens (including phenoxy) is 1. The first-order valence-corrected chi connectivity index (χ1v) is 8.55. The fourth-order valence-corrected chi connectivity index (χ4v) is 3.96. The highest BCUT2D eigenvalue weighted by atomic mass is 31.2. The lowest BCUT2D eigenvalue weighted by molar-refractivity contribution is -0.0664. The molecule has 13 heteroatoms. The van der Waals surface area contributed by atoms with Crippen LogP contribution in [0.25, 0.3) is 16.8 Å². The van der Waals surface area contributed by atoms with Gasteiger partial charge in [-0.3, -0.25) is 13.6 Å². The van der Waals surface area contributed by atoms with Gasteiger partial charge in [0.25, 0.3) is 0 Å². The Morgan fingerprint density at radius 3 is 3.08 bits per heavy atom. The summed E-state index contributed by atoms with van der Waals surface area (Å²) in [5.41, 5.74) is 1.37. The van der Waals surface area contributed by atoms with E-state index in [1.54, 1.807) is 12.4 Å². The van der Waals surface area contributed by atoms with Crippen molar-refractivity contribution in [3.8, 4) is 0 Å². The maximum atomic E-state index is 11.5. The van der Waals surface area contributed by atoms with Crippen molar-refractivity contribution in [2.24, 2.45) is 0 Å². The molecular weight excluding hydrogens is 343 g/mol. The summed E-state index contributed by atoms with van der Waals surface area (Å²) < 4.78 is 29.9. The van der Waals surface area contributed by atoms with E-state index in [0.29, 0.717) is 16.8 Å². The van der Waals surface area contributed by atoms with Crippen LogP contribution in [0.3, 0.4) is 0 Å². The van der Waals surface area contributed by atoms with E-state index >= 15 is 0 Å². The van der Waals surface area contributed by atoms with E-state index < -0.39 is 32.4 Å². The van der Waals surface area contributed by atoms with Crippen molar-refractivity contribution in [1.29, 1.82) is 0 Å². The Morgan fingerprint density at radius 2 is 2.21 bits per heavy atom. The third kappa shape index (κ3) is 1.95. The van der Waals surface area contributed by atoms with Crippen molar-refractivity contribution in [2.75, 3.05) is 6.61 Å². The molecule has 12 nitrogen and oxygen atoms in total. The smallest absolute Gasteiger partial charge is 0.386 e. The lowest BCUT2D eigenvalue weighted by Gasteiger charge is -2.27. The van der Waals surface area contributed by atoms with Crippen molar-refractivity contribution in [3.05, 3.63) is 18.7 Å². The van der Waals surface area contributed by atoms with Gasteiger partial charge in [-0.05, 0) is 0 Å². The number of rotatable bonds is 1. The molecule has 0 bridgehead atoms. The molecule has 3 aromatic heterocycles. The molecule has 3 aromatic rings. The SMILES string of the molecule is O=P1(O)OCC2O[C@@H](n3cnc4c3nnn3ccnc43)[C@H](O)C2O1. The third-order valence-electron chi connectivity index (χ3n) is 4.08. The van der Waals surface area contributed by atoms with Crippen LogP contribution in [0.5, 0.6) is 0 Å². The van der Waals surface area contributed by atoms with E-state index in [1.165, 1.54) is 15.4 Å². The lowest BCUT2D eigenvalue weighted by Crippen LogP contribution is -2.39. The molecule has 0 spiro atoms. The van der Waals surface area contributed by atoms with E-state index in [9.17, 15) is 14.6 Å². The van der Waals surface area contributed by atoms with Gasteiger partial charge in [-0.2, -0.15) is 0 Å². The van der Waals surface area contributed by atoms with Crippen LogP contribution in [0.4, 0.5) is 0 Å². The van der Waals surface area contributed by atoms with Crippen LogP contribution in [0, 0.1) is 0 Å². The number of nitrogens with zero attached hydrogens (tertiary/aromatic N) is 6. The van der Waals surface area contributed by atoms with Gasteiger partial charge in [-0.15, -0.1) is 5.10 Å². The second kappa shape index (κ2) is 4.79. The molecule has 5 rings (SSSR count). The Morgan fingerprint density at radius 1 is 1.33 bits per heavy atom. The first-order valence-electron chi connectivity index (χ1n) is 7.05. The van der Waals surface area contributed by atoms with Gasteiger partial charge in [0.2, 0.25) is 0 Å². The van der Waals surface area contributed by atoms with Crippen LogP contribution in [-0.4, -0.2) is 64.3 Å². The predicted molar refractivity (Wildman–Crippen MR) is 74.6 cm³/mol. The van der Waals surface area contributed by atoms with Crippen LogP contribution in [0.2, 0.25) is 0 Å². The van der Waals surface area contributed by atoms with Crippen LogP contribution < -0.4 is 0 Å². The van der Waals surface area contributed by atoms with Crippen molar-refractivity contribution in [3.63, 3.8) is 0 Å². The van der Waals surface area contributed by atoms with Gasteiger partial charge in [0, 0.05) is 6.20 Å². The molecule has 2 aliphatic heterocycles. The minimum atomic E-state index is -4.18. The van der Waals surface area contributed by atoms with Gasteiger partial charge >= 0.3 is 7.82 Å². The Hall–Kier alpha value is -1.95. The summed E-state index contributed by atoms with van der Waals surface area (Å²) in [4.78, 5) is 17.8. The van der Waals surface area contributed by atoms with Gasteiger partial charge in [0.05, 0.1) is 19.1 Å². The summed E-state index contributed by atoms with van der Waals surface area (Å²) in [6.07, 6.45) is 0.883. The van der Waals surface area contributed by atoms with E-state index in [-0.39, 0.29) is 6.61 Å². The minimum Gasteiger partial charge on any atom is -0.386 e. The normalized spacial score (nSPS) is 36.4. The largest absolute Gasteiger partial charge is 0.472 e. The Balaban J connectivity index is 1.57. The maximum Gasteiger partial charge on any atom is 0.472 e. The molecule has 0 aliphatic carbocycles. The number of aromatic nitrogens is 6. The highest BCUT2D eigenvalue weighted by molar-refractivity contribution is 7.47. The number of hydrogen-bond acceptors (Lipinski definition) is 9. The zero-order chi connectivity index (χ0) is 16.5. The average molecular weight is 354 g/mol. The first kappa shape index (κ1) is 14.4. The van der Waals surface area contributed by atoms with Gasteiger partial charge in [-0.1, -0.05) is 5.21 Å². The number of aliphatic hydroxyl groups excluding tert-OH is 1. The summed E-state index contributed by atoms with van der Waals surface area (Å²) in [5.74, 6) is 0. The summed E-state index contributed by atoms with van der Waals surface area (Å²) in [6.45, 7) is -0.158. The fraction of sp³-hybridized carbons (Fsp3) is 0.455. The highest BCUT2D eigenvalue weighted by Gasteiger charge is 2.52. The van der Waals surface area contributed by atoms with Gasteiger partial charge in [-0.25, -0.2) is 19.0 Å². The quantitative estimate of drug-likeness (QED) is 0.535. The molecule has 2 N–H and O–H groups in total. The fourth-order valence-electron chi connectivity index (χ4n) is 2.99. The molecule has 2 aliphatic rings. The molecule has 0 saturated carbocycles. The summed E-state index contributed by atoms with van der Waals surface area (Å²) in [5, 5.41) is 18.5. The van der Waals surface area contributed by atoms with Gasteiger partial charge < -0.3 is 14.7 Å². The van der Waals surface area contributed by atoms with E-state index in [2.05, 4.69) is 20.3 Å². The number of fused-ring (bicyclic) bond motifs is 4. The summed E-state index contributed by atoms with van der Waals surface area (Å²) in [6, 6.07) is 0. The van der Waals surface area contributed by atoms with Crippen LogP contribution >= 0.6 is 7.82 Å². The maximum absolute atomic E-state index is 11.5. The number of phosphoric ester groups is 1.